The van der Waals surface area contributed by atoms with Gasteiger partial charge in [0, 0.05) is 18.6 Å². The molecule has 2 aromatic heterocycles. The predicted molar refractivity (Wildman–Crippen MR) is 127 cm³/mol. The molecule has 0 atom stereocenters. The van der Waals surface area contributed by atoms with E-state index in [-0.39, 0.29) is 5.91 Å². The van der Waals surface area contributed by atoms with E-state index in [0.29, 0.717) is 29.6 Å². The minimum Gasteiger partial charge on any atom is -0.481 e. The zero-order valence-corrected chi connectivity index (χ0v) is 19.6. The minimum atomic E-state index is -0.468. The Bertz CT molecular complexity index is 741. The number of rotatable bonds is 15. The number of thiol groups is 1. The topological polar surface area (TPSA) is 73.3 Å². The Morgan fingerprint density at radius 2 is 1.32 bits per heavy atom. The number of nitrogens with zero attached hydrogens (tertiary/aromatic N) is 2. The summed E-state index contributed by atoms with van der Waals surface area (Å²) in [4.78, 5) is 21.7. The van der Waals surface area contributed by atoms with Crippen LogP contribution in [0.5, 0.6) is 11.8 Å². The Hall–Kier alpha value is -2.28. The van der Waals surface area contributed by atoms with Gasteiger partial charge in [-0.3, -0.25) is 4.79 Å². The lowest BCUT2D eigenvalue weighted by Crippen LogP contribution is -2.30. The number of aromatic nitrogens is 2. The molecular formula is C24H35N3O3S. The van der Waals surface area contributed by atoms with E-state index in [1.807, 2.05) is 24.3 Å². The molecule has 0 aliphatic carbocycles. The van der Waals surface area contributed by atoms with Crippen molar-refractivity contribution in [1.29, 1.82) is 0 Å². The van der Waals surface area contributed by atoms with Gasteiger partial charge in [-0.05, 0) is 30.7 Å². The lowest BCUT2D eigenvalue weighted by molar-refractivity contribution is -0.121. The molecule has 0 aliphatic heterocycles. The molecule has 0 unspecified atom stereocenters. The average molecular weight is 446 g/mol. The van der Waals surface area contributed by atoms with Gasteiger partial charge >= 0.3 is 0 Å². The monoisotopic (exact) mass is 445 g/mol. The number of hydrogen-bond donors (Lipinski definition) is 2. The van der Waals surface area contributed by atoms with Crippen LogP contribution in [0.2, 0.25) is 0 Å². The van der Waals surface area contributed by atoms with E-state index in [0.717, 1.165) is 18.6 Å². The summed E-state index contributed by atoms with van der Waals surface area (Å²) in [7, 11) is 3.15. The summed E-state index contributed by atoms with van der Waals surface area (Å²) in [6, 6.07) is 10.5. The molecule has 0 aromatic carbocycles. The van der Waals surface area contributed by atoms with Crippen molar-refractivity contribution in [3.8, 4) is 11.8 Å². The van der Waals surface area contributed by atoms with Gasteiger partial charge in [0.05, 0.1) is 25.6 Å². The quantitative estimate of drug-likeness (QED) is 0.293. The first-order valence-electron chi connectivity index (χ1n) is 11.1. The number of pyridine rings is 2. The molecule has 31 heavy (non-hydrogen) atoms. The summed E-state index contributed by atoms with van der Waals surface area (Å²) in [5.74, 6) is 1.96. The maximum atomic E-state index is 12.7. The van der Waals surface area contributed by atoms with E-state index in [4.69, 9.17) is 9.47 Å². The summed E-state index contributed by atoms with van der Waals surface area (Å²) >= 11 is 4.24. The van der Waals surface area contributed by atoms with Gasteiger partial charge in [0.15, 0.2) is 0 Å². The molecule has 0 aliphatic rings. The first-order chi connectivity index (χ1) is 15.2. The number of hydrogen-bond acceptors (Lipinski definition) is 6. The van der Waals surface area contributed by atoms with Crippen molar-refractivity contribution in [2.24, 2.45) is 0 Å². The summed E-state index contributed by atoms with van der Waals surface area (Å²) in [5.41, 5.74) is 1.35. The Morgan fingerprint density at radius 3 is 1.81 bits per heavy atom. The van der Waals surface area contributed by atoms with E-state index in [1.165, 1.54) is 38.5 Å². The first kappa shape index (κ1) is 25.0. The van der Waals surface area contributed by atoms with Crippen LogP contribution >= 0.6 is 12.6 Å². The summed E-state index contributed by atoms with van der Waals surface area (Å²) in [6.45, 7) is 0. The van der Waals surface area contributed by atoms with Gasteiger partial charge in [-0.2, -0.15) is 12.6 Å². The average Bonchev–Trinajstić information content (AvgIpc) is 2.81. The van der Waals surface area contributed by atoms with Crippen LogP contribution in [0.15, 0.2) is 36.4 Å². The lowest BCUT2D eigenvalue weighted by atomic mass is 10.1. The highest BCUT2D eigenvalue weighted by atomic mass is 32.1. The largest absolute Gasteiger partial charge is 0.481 e. The van der Waals surface area contributed by atoms with Crippen molar-refractivity contribution in [1.82, 2.24) is 15.3 Å². The van der Waals surface area contributed by atoms with Crippen molar-refractivity contribution in [2.75, 3.05) is 20.0 Å². The molecule has 2 aromatic rings. The molecule has 2 heterocycles. The number of carbonyl (C=O) groups is 1. The second-order valence-electron chi connectivity index (χ2n) is 7.51. The van der Waals surface area contributed by atoms with Crippen LogP contribution in [0.1, 0.15) is 75.2 Å². The lowest BCUT2D eigenvalue weighted by Gasteiger charge is -2.19. The number of methoxy groups -OCH3 is 2. The fourth-order valence-electron chi connectivity index (χ4n) is 3.40. The molecule has 1 amide bonds. The van der Waals surface area contributed by atoms with Gasteiger partial charge in [-0.1, -0.05) is 50.7 Å². The highest BCUT2D eigenvalue weighted by molar-refractivity contribution is 7.80. The molecule has 0 radical (unpaired) electrons. The van der Waals surface area contributed by atoms with E-state index in [1.54, 1.807) is 26.4 Å². The SMILES string of the molecule is COc1cccc(C(NC(=O)CCCCCCCCCCS)c2cccc(OC)n2)n1. The standard InChI is InChI=1S/C24H35N3O3S/c1-29-22-16-11-13-19(25-22)24(20-14-12-17-23(26-20)30-2)27-21(28)15-9-7-5-3-4-6-8-10-18-31/h11-14,16-17,24,31H,3-10,15,18H2,1-2H3,(H,27,28). The van der Waals surface area contributed by atoms with Crippen molar-refractivity contribution in [2.45, 2.75) is 63.8 Å². The molecule has 2 rings (SSSR count). The van der Waals surface area contributed by atoms with Crippen LogP contribution in [0.25, 0.3) is 0 Å². The molecule has 0 saturated carbocycles. The molecule has 6 nitrogen and oxygen atoms in total. The molecule has 7 heteroatoms. The number of carbonyl (C=O) groups excluding carboxylic acids is 1. The molecular weight excluding hydrogens is 410 g/mol. The Kier molecular flexibility index (Phi) is 11.8. The molecule has 1 N–H and O–H groups in total. The number of nitrogens with one attached hydrogen (secondary N) is 1. The summed E-state index contributed by atoms with van der Waals surface area (Å²) < 4.78 is 10.5. The van der Waals surface area contributed by atoms with Gasteiger partial charge < -0.3 is 14.8 Å². The zero-order chi connectivity index (χ0) is 22.3. The second kappa shape index (κ2) is 14.7. The van der Waals surface area contributed by atoms with Gasteiger partial charge in [-0.15, -0.1) is 0 Å². The van der Waals surface area contributed by atoms with Gasteiger partial charge in [-0.25, -0.2) is 9.97 Å². The highest BCUT2D eigenvalue weighted by Gasteiger charge is 2.20. The Labute approximate surface area is 191 Å². The van der Waals surface area contributed by atoms with Gasteiger partial charge in [0.1, 0.15) is 6.04 Å². The predicted octanol–water partition coefficient (Wildman–Crippen LogP) is 5.14. The zero-order valence-electron chi connectivity index (χ0n) is 18.7. The highest BCUT2D eigenvalue weighted by Crippen LogP contribution is 2.23. The summed E-state index contributed by atoms with van der Waals surface area (Å²) in [6.07, 6.45) is 9.87. The molecule has 0 fully saturated rings. The Morgan fingerprint density at radius 1 is 0.839 bits per heavy atom. The third-order valence-electron chi connectivity index (χ3n) is 5.12. The van der Waals surface area contributed by atoms with E-state index < -0.39 is 6.04 Å². The van der Waals surface area contributed by atoms with Gasteiger partial charge in [0.25, 0.3) is 0 Å². The van der Waals surface area contributed by atoms with Crippen LogP contribution < -0.4 is 14.8 Å². The number of amides is 1. The number of ether oxygens (including phenoxy) is 2. The van der Waals surface area contributed by atoms with E-state index in [9.17, 15) is 4.79 Å². The molecule has 0 saturated heterocycles. The molecule has 0 spiro atoms. The van der Waals surface area contributed by atoms with Gasteiger partial charge in [0.2, 0.25) is 17.7 Å². The summed E-state index contributed by atoms with van der Waals surface area (Å²) in [5, 5.41) is 3.10. The van der Waals surface area contributed by atoms with Crippen molar-refractivity contribution >= 4 is 18.5 Å². The maximum Gasteiger partial charge on any atom is 0.220 e. The van der Waals surface area contributed by atoms with Crippen LogP contribution in [0.4, 0.5) is 0 Å². The molecule has 170 valence electrons. The van der Waals surface area contributed by atoms with Crippen LogP contribution in [0.3, 0.4) is 0 Å². The fourth-order valence-corrected chi connectivity index (χ4v) is 3.62. The van der Waals surface area contributed by atoms with E-state index in [2.05, 4.69) is 27.9 Å². The van der Waals surface area contributed by atoms with E-state index >= 15 is 0 Å². The van der Waals surface area contributed by atoms with Crippen LogP contribution in [-0.2, 0) is 4.79 Å². The van der Waals surface area contributed by atoms with Crippen molar-refractivity contribution in [3.05, 3.63) is 47.8 Å². The Balaban J connectivity index is 1.91. The number of unbranched alkanes of at least 4 members (excludes halogenated alkanes) is 7. The second-order valence-corrected chi connectivity index (χ2v) is 7.96. The first-order valence-corrected chi connectivity index (χ1v) is 11.7. The van der Waals surface area contributed by atoms with Crippen molar-refractivity contribution in [3.63, 3.8) is 0 Å². The third-order valence-corrected chi connectivity index (χ3v) is 5.43. The minimum absolute atomic E-state index is 0.00646. The maximum absolute atomic E-state index is 12.7. The third kappa shape index (κ3) is 9.17. The van der Waals surface area contributed by atoms with Crippen LogP contribution in [-0.4, -0.2) is 35.8 Å². The normalized spacial score (nSPS) is 10.8. The molecule has 0 bridgehead atoms. The van der Waals surface area contributed by atoms with Crippen LogP contribution in [0, 0.1) is 0 Å². The fraction of sp³-hybridized carbons (Fsp3) is 0.542. The smallest absolute Gasteiger partial charge is 0.220 e. The van der Waals surface area contributed by atoms with Crippen molar-refractivity contribution < 1.29 is 14.3 Å².